The Balaban J connectivity index is 0. The molecule has 0 aromatic heterocycles. The molecule has 0 rings (SSSR count). The van der Waals surface area contributed by atoms with Crippen molar-refractivity contribution in [1.29, 1.82) is 0 Å². The Kier molecular flexibility index (Phi) is 17.3. The first kappa shape index (κ1) is 20.9. The molecule has 0 bridgehead atoms. The van der Waals surface area contributed by atoms with E-state index in [4.69, 9.17) is 0 Å². The van der Waals surface area contributed by atoms with E-state index in [0.717, 1.165) is 0 Å². The minimum absolute atomic E-state index is 0. The van der Waals surface area contributed by atoms with Crippen LogP contribution in [-0.4, -0.2) is 51.4 Å². The molecule has 0 amide bonds. The number of hydrogen-bond acceptors (Lipinski definition) is 0. The molecule has 0 N–H and O–H groups in total. The first-order chi connectivity index (χ1) is 7.74. The monoisotopic (exact) mass is 265 g/mol. The molecule has 0 unspecified atom stereocenters. The quantitative estimate of drug-likeness (QED) is 0.404. The van der Waals surface area contributed by atoms with Crippen molar-refractivity contribution < 1.29 is 0 Å². The molecule has 0 aliphatic carbocycles. The van der Waals surface area contributed by atoms with Crippen molar-refractivity contribution >= 4 is 51.4 Å². The zero-order valence-electron chi connectivity index (χ0n) is 13.3. The molecule has 0 spiro atoms. The fourth-order valence-electron chi connectivity index (χ4n) is 2.94. The van der Waals surface area contributed by atoms with E-state index in [9.17, 15) is 0 Å². The summed E-state index contributed by atoms with van der Waals surface area (Å²) in [6, 6.07) is 0. The van der Waals surface area contributed by atoms with E-state index in [1.165, 1.54) is 70.6 Å². The third kappa shape index (κ3) is 10.1. The van der Waals surface area contributed by atoms with Gasteiger partial charge in [-0.3, -0.25) is 0 Å². The predicted octanol–water partition coefficient (Wildman–Crippen LogP) is 5.96. The van der Waals surface area contributed by atoms with E-state index in [1.54, 1.807) is 0 Å². The first-order valence-electron chi connectivity index (χ1n) is 7.74. The summed E-state index contributed by atoms with van der Waals surface area (Å²) in [5.41, 5.74) is 0.705. The molecule has 0 nitrogen and oxygen atoms in total. The van der Waals surface area contributed by atoms with E-state index in [0.29, 0.717) is 5.41 Å². The molecular weight excluding hydrogens is 231 g/mol. The Labute approximate surface area is 153 Å². The number of hydrogen-bond donors (Lipinski definition) is 0. The fourth-order valence-corrected chi connectivity index (χ4v) is 2.94. The second-order valence-corrected chi connectivity index (χ2v) is 5.56. The third-order valence-corrected chi connectivity index (χ3v) is 3.96. The van der Waals surface area contributed by atoms with Crippen molar-refractivity contribution in [3.63, 3.8) is 0 Å². The zero-order chi connectivity index (χ0) is 12.3. The molecular formula is C16H34K. The van der Waals surface area contributed by atoms with Gasteiger partial charge in [0, 0.05) is 51.4 Å². The average molecular weight is 266 g/mol. The first-order valence-corrected chi connectivity index (χ1v) is 7.74. The largest absolute Gasteiger partial charge is 0.0654 e. The Morgan fingerprint density at radius 2 is 0.882 bits per heavy atom. The van der Waals surface area contributed by atoms with Gasteiger partial charge in [0.25, 0.3) is 0 Å². The smallest absolute Gasteiger partial charge is 0 e. The zero-order valence-corrected chi connectivity index (χ0v) is 16.4. The van der Waals surface area contributed by atoms with Crippen LogP contribution < -0.4 is 0 Å². The van der Waals surface area contributed by atoms with E-state index in [1.807, 2.05) is 0 Å². The minimum atomic E-state index is 0. The van der Waals surface area contributed by atoms with Gasteiger partial charge in [-0.1, -0.05) is 72.6 Å². The van der Waals surface area contributed by atoms with Gasteiger partial charge in [0.05, 0.1) is 0 Å². The van der Waals surface area contributed by atoms with Crippen LogP contribution in [-0.2, 0) is 0 Å². The van der Waals surface area contributed by atoms with Crippen LogP contribution in [0.25, 0.3) is 0 Å². The van der Waals surface area contributed by atoms with Gasteiger partial charge in [0.2, 0.25) is 0 Å². The van der Waals surface area contributed by atoms with Crippen LogP contribution in [0.3, 0.4) is 0 Å². The normalized spacial score (nSPS) is 11.3. The van der Waals surface area contributed by atoms with Gasteiger partial charge in [-0.15, -0.1) is 0 Å². The molecule has 17 heavy (non-hydrogen) atoms. The topological polar surface area (TPSA) is 0 Å². The Hall–Kier alpha value is 1.64. The van der Waals surface area contributed by atoms with Crippen LogP contribution in [0.15, 0.2) is 0 Å². The van der Waals surface area contributed by atoms with Crippen LogP contribution in [0.2, 0.25) is 0 Å². The molecule has 0 atom stereocenters. The fraction of sp³-hybridized carbons (Fsp3) is 1.00. The average Bonchev–Trinajstić information content (AvgIpc) is 2.31. The van der Waals surface area contributed by atoms with Gasteiger partial charge < -0.3 is 0 Å². The van der Waals surface area contributed by atoms with Crippen molar-refractivity contribution in [2.24, 2.45) is 5.41 Å². The van der Waals surface area contributed by atoms with Crippen molar-refractivity contribution in [3.05, 3.63) is 0 Å². The summed E-state index contributed by atoms with van der Waals surface area (Å²) < 4.78 is 0. The molecule has 0 aromatic carbocycles. The second-order valence-electron chi connectivity index (χ2n) is 5.56. The predicted molar refractivity (Wildman–Crippen MR) is 81.7 cm³/mol. The minimum Gasteiger partial charge on any atom is -0.0654 e. The molecule has 0 saturated carbocycles. The summed E-state index contributed by atoms with van der Waals surface area (Å²) in [4.78, 5) is 0. The maximum Gasteiger partial charge on any atom is 0 e. The maximum atomic E-state index is 2.36. The van der Waals surface area contributed by atoms with Crippen LogP contribution in [0.1, 0.15) is 98.3 Å². The van der Waals surface area contributed by atoms with Gasteiger partial charge in [0.15, 0.2) is 0 Å². The number of unbranched alkanes of at least 4 members (excludes halogenated alkanes) is 3. The van der Waals surface area contributed by atoms with Crippen LogP contribution in [0.4, 0.5) is 0 Å². The van der Waals surface area contributed by atoms with Gasteiger partial charge in [-0.05, 0) is 31.1 Å². The molecule has 1 heteroatoms. The maximum absolute atomic E-state index is 2.36. The van der Waals surface area contributed by atoms with Crippen molar-refractivity contribution in [2.75, 3.05) is 0 Å². The molecule has 99 valence electrons. The summed E-state index contributed by atoms with van der Waals surface area (Å²) >= 11 is 0. The van der Waals surface area contributed by atoms with Gasteiger partial charge in [-0.25, -0.2) is 0 Å². The van der Waals surface area contributed by atoms with Gasteiger partial charge in [-0.2, -0.15) is 0 Å². The van der Waals surface area contributed by atoms with E-state index in [2.05, 4.69) is 27.7 Å². The Morgan fingerprint density at radius 1 is 0.529 bits per heavy atom. The van der Waals surface area contributed by atoms with Crippen molar-refractivity contribution in [2.45, 2.75) is 98.3 Å². The summed E-state index contributed by atoms with van der Waals surface area (Å²) in [5.74, 6) is 0. The van der Waals surface area contributed by atoms with E-state index < -0.39 is 0 Å². The van der Waals surface area contributed by atoms with E-state index >= 15 is 0 Å². The van der Waals surface area contributed by atoms with E-state index in [-0.39, 0.29) is 51.4 Å². The SMILES string of the molecule is CCCCC(CCC)(CCCC)CCCC.[K]. The summed E-state index contributed by atoms with van der Waals surface area (Å²) in [6.45, 7) is 9.35. The molecule has 0 heterocycles. The Bertz CT molecular complexity index is 121. The third-order valence-electron chi connectivity index (χ3n) is 3.96. The molecule has 0 aromatic rings. The molecule has 0 fully saturated rings. The molecule has 0 saturated heterocycles. The Morgan fingerprint density at radius 3 is 1.12 bits per heavy atom. The summed E-state index contributed by atoms with van der Waals surface area (Å²) in [7, 11) is 0. The summed E-state index contributed by atoms with van der Waals surface area (Å²) in [6.07, 6.45) is 15.7. The second kappa shape index (κ2) is 14.1. The van der Waals surface area contributed by atoms with Crippen LogP contribution in [0.5, 0.6) is 0 Å². The molecule has 1 radical (unpaired) electrons. The standard InChI is InChI=1S/C16H34.K/c1-5-9-13-16(12-8-4,14-10-6-2)15-11-7-3;/h5-15H2,1-4H3;. The number of rotatable bonds is 11. The van der Waals surface area contributed by atoms with Crippen LogP contribution in [0, 0.1) is 5.41 Å². The van der Waals surface area contributed by atoms with Crippen molar-refractivity contribution in [3.8, 4) is 0 Å². The van der Waals surface area contributed by atoms with Gasteiger partial charge >= 0.3 is 0 Å². The molecule has 0 aliphatic heterocycles. The van der Waals surface area contributed by atoms with Crippen LogP contribution >= 0.6 is 0 Å². The molecule has 0 aliphatic rings. The van der Waals surface area contributed by atoms with Crippen molar-refractivity contribution in [1.82, 2.24) is 0 Å². The summed E-state index contributed by atoms with van der Waals surface area (Å²) in [5, 5.41) is 0. The van der Waals surface area contributed by atoms with Gasteiger partial charge in [0.1, 0.15) is 0 Å².